The van der Waals surface area contributed by atoms with Gasteiger partial charge in [-0.15, -0.1) is 0 Å². The molecule has 2 aromatic rings. The van der Waals surface area contributed by atoms with E-state index < -0.39 is 5.25 Å². The van der Waals surface area contributed by atoms with Crippen molar-refractivity contribution in [3.8, 4) is 0 Å². The lowest BCUT2D eigenvalue weighted by Gasteiger charge is -2.19. The van der Waals surface area contributed by atoms with Crippen molar-refractivity contribution in [1.29, 1.82) is 0 Å². The number of carbonyl (C=O) groups is 2. The lowest BCUT2D eigenvalue weighted by molar-refractivity contribution is -0.128. The first-order chi connectivity index (χ1) is 15.2. The molecule has 1 unspecified atom stereocenters. The molecule has 1 aliphatic heterocycles. The number of anilines is 1. The number of hydrogen-bond donors (Lipinski definition) is 1. The van der Waals surface area contributed by atoms with Crippen LogP contribution in [0.15, 0.2) is 41.4 Å². The average molecular weight is 453 g/mol. The summed E-state index contributed by atoms with van der Waals surface area (Å²) < 4.78 is 0. The third-order valence-electron chi connectivity index (χ3n) is 5.55. The van der Waals surface area contributed by atoms with Crippen molar-refractivity contribution in [2.45, 2.75) is 39.4 Å². The number of aryl methyl sites for hydroxylation is 4. The zero-order chi connectivity index (χ0) is 23.4. The third-order valence-corrected chi connectivity index (χ3v) is 6.73. The molecule has 2 aromatic carbocycles. The summed E-state index contributed by atoms with van der Waals surface area (Å²) in [7, 11) is 3.96. The summed E-state index contributed by atoms with van der Waals surface area (Å²) in [6.45, 7) is 9.24. The molecule has 1 fully saturated rings. The van der Waals surface area contributed by atoms with Gasteiger partial charge >= 0.3 is 0 Å². The lowest BCUT2D eigenvalue weighted by atomic mass is 10.1. The maximum atomic E-state index is 13.2. The van der Waals surface area contributed by atoms with Crippen LogP contribution in [0.1, 0.15) is 28.7 Å². The van der Waals surface area contributed by atoms with Gasteiger partial charge in [0.1, 0.15) is 5.25 Å². The Hall–Kier alpha value is -2.64. The van der Waals surface area contributed by atoms with Crippen LogP contribution >= 0.6 is 11.8 Å². The molecule has 0 saturated carbocycles. The van der Waals surface area contributed by atoms with Crippen molar-refractivity contribution in [3.63, 3.8) is 0 Å². The predicted molar refractivity (Wildman–Crippen MR) is 134 cm³/mol. The van der Waals surface area contributed by atoms with Crippen molar-refractivity contribution in [2.75, 3.05) is 32.5 Å². The summed E-state index contributed by atoms with van der Waals surface area (Å²) in [5.74, 6) is -0.215. The fourth-order valence-electron chi connectivity index (χ4n) is 3.68. The van der Waals surface area contributed by atoms with Crippen LogP contribution in [0.4, 0.5) is 11.4 Å². The number of nitrogens with zero attached hydrogens (tertiary/aromatic N) is 3. The van der Waals surface area contributed by atoms with Gasteiger partial charge in [0.25, 0.3) is 0 Å². The Morgan fingerprint density at radius 1 is 1.03 bits per heavy atom. The number of hydrogen-bond acceptors (Lipinski definition) is 5. The maximum Gasteiger partial charge on any atom is 0.242 e. The minimum absolute atomic E-state index is 0.0570. The van der Waals surface area contributed by atoms with Crippen molar-refractivity contribution in [1.82, 2.24) is 9.80 Å². The van der Waals surface area contributed by atoms with Crippen LogP contribution in [-0.2, 0) is 9.59 Å². The lowest BCUT2D eigenvalue weighted by Crippen LogP contribution is -2.38. The minimum Gasteiger partial charge on any atom is -0.326 e. The van der Waals surface area contributed by atoms with Crippen LogP contribution in [0.5, 0.6) is 0 Å². The van der Waals surface area contributed by atoms with Gasteiger partial charge in [-0.2, -0.15) is 0 Å². The van der Waals surface area contributed by atoms with Crippen molar-refractivity contribution in [3.05, 3.63) is 58.7 Å². The van der Waals surface area contributed by atoms with E-state index in [1.54, 1.807) is 4.90 Å². The number of nitrogens with one attached hydrogen (secondary N) is 1. The summed E-state index contributed by atoms with van der Waals surface area (Å²) in [5.41, 5.74) is 5.85. The SMILES string of the molecule is Cc1cccc(C)c1N=C1SC(CC(=O)Nc2c(C)cccc2C)C(=O)N1CCN(C)C. The molecule has 1 heterocycles. The second-order valence-electron chi connectivity index (χ2n) is 8.55. The third kappa shape index (κ3) is 5.58. The molecular formula is C25H32N4O2S. The molecule has 0 spiro atoms. The van der Waals surface area contributed by atoms with E-state index in [1.807, 2.05) is 83.1 Å². The Bertz CT molecular complexity index is 1010. The summed E-state index contributed by atoms with van der Waals surface area (Å²) in [4.78, 5) is 34.7. The van der Waals surface area contributed by atoms with Gasteiger partial charge in [-0.05, 0) is 64.0 Å². The highest BCUT2D eigenvalue weighted by Gasteiger charge is 2.39. The minimum atomic E-state index is -0.482. The Morgan fingerprint density at radius 2 is 1.59 bits per heavy atom. The second kappa shape index (κ2) is 10.3. The molecule has 2 amide bonds. The number of aliphatic imine (C=N–C) groups is 1. The molecule has 3 rings (SSSR count). The first-order valence-corrected chi connectivity index (χ1v) is 11.7. The summed E-state index contributed by atoms with van der Waals surface area (Å²) >= 11 is 1.39. The fraction of sp³-hybridized carbons (Fsp3) is 0.400. The predicted octanol–water partition coefficient (Wildman–Crippen LogP) is 4.44. The van der Waals surface area contributed by atoms with Gasteiger partial charge in [-0.1, -0.05) is 48.2 Å². The first kappa shape index (κ1) is 24.0. The molecule has 0 aromatic heterocycles. The number of rotatable bonds is 7. The Kier molecular flexibility index (Phi) is 7.74. The van der Waals surface area contributed by atoms with Gasteiger partial charge < -0.3 is 10.2 Å². The topological polar surface area (TPSA) is 65.0 Å². The van der Waals surface area contributed by atoms with Gasteiger partial charge in [0.2, 0.25) is 11.8 Å². The van der Waals surface area contributed by atoms with Gasteiger partial charge in [-0.3, -0.25) is 14.5 Å². The van der Waals surface area contributed by atoms with E-state index in [4.69, 9.17) is 4.99 Å². The highest BCUT2D eigenvalue weighted by molar-refractivity contribution is 8.15. The number of para-hydroxylation sites is 2. The number of amidine groups is 1. The standard InChI is InChI=1S/C25H32N4O2S/c1-16-9-7-10-17(2)22(16)26-21(30)15-20-24(31)29(14-13-28(5)6)25(32-20)27-23-18(3)11-8-12-19(23)4/h7-12,20H,13-15H2,1-6H3,(H,26,30). The highest BCUT2D eigenvalue weighted by Crippen LogP contribution is 2.34. The zero-order valence-corrected chi connectivity index (χ0v) is 20.5. The second-order valence-corrected chi connectivity index (χ2v) is 9.72. The molecule has 170 valence electrons. The monoisotopic (exact) mass is 452 g/mol. The van der Waals surface area contributed by atoms with Gasteiger partial charge in [0.05, 0.1) is 5.69 Å². The van der Waals surface area contributed by atoms with E-state index in [2.05, 4.69) is 5.32 Å². The fourth-order valence-corrected chi connectivity index (χ4v) is 4.85. The molecule has 1 N–H and O–H groups in total. The molecule has 1 saturated heterocycles. The van der Waals surface area contributed by atoms with Gasteiger partial charge in [0, 0.05) is 25.2 Å². The number of thioether (sulfide) groups is 1. The number of likely N-dealkylation sites (N-methyl/N-ethyl adjacent to an activating group) is 1. The van der Waals surface area contributed by atoms with E-state index in [0.717, 1.165) is 40.2 Å². The van der Waals surface area contributed by atoms with Crippen LogP contribution < -0.4 is 5.32 Å². The number of benzene rings is 2. The maximum absolute atomic E-state index is 13.2. The van der Waals surface area contributed by atoms with Crippen LogP contribution in [-0.4, -0.2) is 59.2 Å². The zero-order valence-electron chi connectivity index (χ0n) is 19.7. The Labute approximate surface area is 195 Å². The van der Waals surface area contributed by atoms with E-state index in [1.165, 1.54) is 11.8 Å². The smallest absolute Gasteiger partial charge is 0.242 e. The van der Waals surface area contributed by atoms with Crippen LogP contribution in [0, 0.1) is 27.7 Å². The Balaban J connectivity index is 1.82. The normalized spacial score (nSPS) is 17.5. The Morgan fingerprint density at radius 3 is 2.16 bits per heavy atom. The van der Waals surface area contributed by atoms with Crippen molar-refractivity contribution < 1.29 is 9.59 Å². The average Bonchev–Trinajstić information content (AvgIpc) is 3.00. The highest BCUT2D eigenvalue weighted by atomic mass is 32.2. The van der Waals surface area contributed by atoms with Crippen molar-refractivity contribution in [2.24, 2.45) is 4.99 Å². The summed E-state index contributed by atoms with van der Waals surface area (Å²) in [6, 6.07) is 12.0. The van der Waals surface area contributed by atoms with E-state index in [9.17, 15) is 9.59 Å². The molecule has 1 aliphatic rings. The number of amides is 2. The van der Waals surface area contributed by atoms with E-state index in [0.29, 0.717) is 11.7 Å². The number of carbonyl (C=O) groups excluding carboxylic acids is 2. The van der Waals surface area contributed by atoms with E-state index in [-0.39, 0.29) is 18.2 Å². The molecule has 1 atom stereocenters. The van der Waals surface area contributed by atoms with Gasteiger partial charge in [-0.25, -0.2) is 4.99 Å². The van der Waals surface area contributed by atoms with Gasteiger partial charge in [0.15, 0.2) is 5.17 Å². The van der Waals surface area contributed by atoms with Crippen molar-refractivity contribution >= 4 is 40.1 Å². The first-order valence-electron chi connectivity index (χ1n) is 10.8. The molecule has 32 heavy (non-hydrogen) atoms. The molecule has 7 heteroatoms. The van der Waals surface area contributed by atoms with E-state index >= 15 is 0 Å². The van der Waals surface area contributed by atoms with Crippen LogP contribution in [0.3, 0.4) is 0 Å². The molecule has 0 radical (unpaired) electrons. The quantitative estimate of drug-likeness (QED) is 0.674. The molecule has 6 nitrogen and oxygen atoms in total. The molecule has 0 bridgehead atoms. The summed E-state index contributed by atoms with van der Waals surface area (Å²) in [5, 5.41) is 3.19. The summed E-state index contributed by atoms with van der Waals surface area (Å²) in [6.07, 6.45) is 0.113. The van der Waals surface area contributed by atoms with Crippen LogP contribution in [0.2, 0.25) is 0 Å². The molecule has 0 aliphatic carbocycles. The molecular weight excluding hydrogens is 420 g/mol. The largest absolute Gasteiger partial charge is 0.326 e. The van der Waals surface area contributed by atoms with Crippen LogP contribution in [0.25, 0.3) is 0 Å².